The Bertz CT molecular complexity index is 139. The van der Waals surface area contributed by atoms with Crippen LogP contribution in [0.25, 0.3) is 0 Å². The van der Waals surface area contributed by atoms with Crippen molar-refractivity contribution < 1.29 is 9.53 Å². The van der Waals surface area contributed by atoms with E-state index in [4.69, 9.17) is 4.74 Å². The van der Waals surface area contributed by atoms with Crippen molar-refractivity contribution in [3.05, 3.63) is 0 Å². The highest BCUT2D eigenvalue weighted by atomic mass is 16.5. The SMILES string of the molecule is CC(C)C(=O)N1CCOCC1. The third-order valence-electron chi connectivity index (χ3n) is 1.82. The van der Waals surface area contributed by atoms with Crippen molar-refractivity contribution in [2.45, 2.75) is 13.8 Å². The van der Waals surface area contributed by atoms with Crippen LogP contribution in [0, 0.1) is 5.92 Å². The van der Waals surface area contributed by atoms with Gasteiger partial charge in [0, 0.05) is 19.0 Å². The van der Waals surface area contributed by atoms with Crippen molar-refractivity contribution >= 4 is 5.91 Å². The standard InChI is InChI=1S/C8H15NO2/c1-7(2)8(10)9-3-5-11-6-4-9/h7H,3-6H2,1-2H3. The van der Waals surface area contributed by atoms with E-state index in [0.717, 1.165) is 13.1 Å². The largest absolute Gasteiger partial charge is 0.378 e. The summed E-state index contributed by atoms with van der Waals surface area (Å²) in [4.78, 5) is 13.2. The molecule has 1 aliphatic heterocycles. The Balaban J connectivity index is 2.39. The molecule has 1 heterocycles. The summed E-state index contributed by atoms with van der Waals surface area (Å²) in [5, 5.41) is 0. The minimum absolute atomic E-state index is 0.119. The summed E-state index contributed by atoms with van der Waals surface area (Å²) in [6.07, 6.45) is 0. The van der Waals surface area contributed by atoms with Gasteiger partial charge < -0.3 is 9.64 Å². The first-order valence-corrected chi connectivity index (χ1v) is 4.08. The Morgan fingerprint density at radius 2 is 1.91 bits per heavy atom. The molecular weight excluding hydrogens is 142 g/mol. The Hall–Kier alpha value is -0.570. The fraction of sp³-hybridized carbons (Fsp3) is 0.875. The zero-order valence-electron chi connectivity index (χ0n) is 7.17. The molecule has 0 aromatic rings. The second-order valence-corrected chi connectivity index (χ2v) is 3.09. The summed E-state index contributed by atoms with van der Waals surface area (Å²) in [5.41, 5.74) is 0. The number of carbonyl (C=O) groups excluding carboxylic acids is 1. The molecule has 0 radical (unpaired) electrons. The van der Waals surface area contributed by atoms with Crippen LogP contribution in [0.2, 0.25) is 0 Å². The Labute approximate surface area is 67.3 Å². The maximum Gasteiger partial charge on any atom is 0.225 e. The number of carbonyl (C=O) groups is 1. The second kappa shape index (κ2) is 3.72. The van der Waals surface area contributed by atoms with Crippen molar-refractivity contribution in [1.29, 1.82) is 0 Å². The average Bonchev–Trinajstić information content (AvgIpc) is 2.05. The predicted octanol–water partition coefficient (Wildman–Crippen LogP) is 0.501. The highest BCUT2D eigenvalue weighted by molar-refractivity contribution is 5.78. The van der Waals surface area contributed by atoms with Crippen LogP contribution in [0.1, 0.15) is 13.8 Å². The minimum atomic E-state index is 0.119. The van der Waals surface area contributed by atoms with E-state index in [0.29, 0.717) is 13.2 Å². The molecule has 1 fully saturated rings. The number of amides is 1. The van der Waals surface area contributed by atoms with Gasteiger partial charge in [-0.05, 0) is 0 Å². The summed E-state index contributed by atoms with van der Waals surface area (Å²) < 4.78 is 5.14. The van der Waals surface area contributed by atoms with Crippen LogP contribution in [0.4, 0.5) is 0 Å². The van der Waals surface area contributed by atoms with Crippen molar-refractivity contribution in [2.24, 2.45) is 5.92 Å². The van der Waals surface area contributed by atoms with Crippen LogP contribution in [0.3, 0.4) is 0 Å². The lowest BCUT2D eigenvalue weighted by Gasteiger charge is -2.28. The fourth-order valence-corrected chi connectivity index (χ4v) is 1.15. The first-order chi connectivity index (χ1) is 5.22. The van der Waals surface area contributed by atoms with Gasteiger partial charge in [0.1, 0.15) is 0 Å². The monoisotopic (exact) mass is 157 g/mol. The first kappa shape index (κ1) is 8.53. The van der Waals surface area contributed by atoms with Gasteiger partial charge in [0.25, 0.3) is 0 Å². The highest BCUT2D eigenvalue weighted by Gasteiger charge is 2.18. The predicted molar refractivity (Wildman–Crippen MR) is 42.2 cm³/mol. The summed E-state index contributed by atoms with van der Waals surface area (Å²) in [6.45, 7) is 6.76. The van der Waals surface area contributed by atoms with Gasteiger partial charge in [-0.3, -0.25) is 4.79 Å². The molecule has 0 bridgehead atoms. The van der Waals surface area contributed by atoms with Crippen molar-refractivity contribution in [3.8, 4) is 0 Å². The van der Waals surface area contributed by atoms with Crippen molar-refractivity contribution in [2.75, 3.05) is 26.3 Å². The number of nitrogens with zero attached hydrogens (tertiary/aromatic N) is 1. The molecule has 0 aromatic heterocycles. The molecule has 3 nitrogen and oxygen atoms in total. The van der Waals surface area contributed by atoms with Gasteiger partial charge in [0.05, 0.1) is 13.2 Å². The Morgan fingerprint density at radius 1 is 1.36 bits per heavy atom. The number of rotatable bonds is 1. The van der Waals surface area contributed by atoms with Crippen molar-refractivity contribution in [1.82, 2.24) is 4.90 Å². The molecule has 0 saturated carbocycles. The molecule has 0 aliphatic carbocycles. The van der Waals surface area contributed by atoms with E-state index in [9.17, 15) is 4.79 Å². The maximum atomic E-state index is 11.4. The molecule has 1 rings (SSSR count). The molecule has 1 saturated heterocycles. The van der Waals surface area contributed by atoms with Crippen LogP contribution in [0.5, 0.6) is 0 Å². The fourth-order valence-electron chi connectivity index (χ4n) is 1.15. The van der Waals surface area contributed by atoms with E-state index >= 15 is 0 Å². The van der Waals surface area contributed by atoms with Gasteiger partial charge in [0.15, 0.2) is 0 Å². The normalized spacial score (nSPS) is 19.0. The molecule has 3 heteroatoms. The topological polar surface area (TPSA) is 29.5 Å². The lowest BCUT2D eigenvalue weighted by Crippen LogP contribution is -2.42. The smallest absolute Gasteiger partial charge is 0.225 e. The summed E-state index contributed by atoms with van der Waals surface area (Å²) in [7, 11) is 0. The van der Waals surface area contributed by atoms with E-state index in [1.54, 1.807) is 0 Å². The molecule has 1 aliphatic rings. The summed E-state index contributed by atoms with van der Waals surface area (Å²) in [6, 6.07) is 0. The summed E-state index contributed by atoms with van der Waals surface area (Å²) >= 11 is 0. The van der Waals surface area contributed by atoms with Gasteiger partial charge in [-0.25, -0.2) is 0 Å². The molecule has 0 aromatic carbocycles. The third-order valence-corrected chi connectivity index (χ3v) is 1.82. The van der Waals surface area contributed by atoms with E-state index in [1.807, 2.05) is 18.7 Å². The molecule has 11 heavy (non-hydrogen) atoms. The van der Waals surface area contributed by atoms with Crippen molar-refractivity contribution in [3.63, 3.8) is 0 Å². The second-order valence-electron chi connectivity index (χ2n) is 3.09. The number of ether oxygens (including phenoxy) is 1. The molecule has 0 atom stereocenters. The van der Waals surface area contributed by atoms with Crippen LogP contribution in [0.15, 0.2) is 0 Å². The molecule has 0 unspecified atom stereocenters. The van der Waals surface area contributed by atoms with E-state index in [-0.39, 0.29) is 11.8 Å². The van der Waals surface area contributed by atoms with Crippen LogP contribution in [-0.2, 0) is 9.53 Å². The number of hydrogen-bond acceptors (Lipinski definition) is 2. The Morgan fingerprint density at radius 3 is 2.36 bits per heavy atom. The number of morpholine rings is 1. The summed E-state index contributed by atoms with van der Waals surface area (Å²) in [5.74, 6) is 0.362. The highest BCUT2D eigenvalue weighted by Crippen LogP contribution is 2.03. The van der Waals surface area contributed by atoms with Crippen LogP contribution in [-0.4, -0.2) is 37.1 Å². The third kappa shape index (κ3) is 2.19. The van der Waals surface area contributed by atoms with Crippen LogP contribution >= 0.6 is 0 Å². The Kier molecular flexibility index (Phi) is 2.88. The molecule has 1 amide bonds. The van der Waals surface area contributed by atoms with Gasteiger partial charge in [-0.1, -0.05) is 13.8 Å². The van der Waals surface area contributed by atoms with Crippen LogP contribution < -0.4 is 0 Å². The molecule has 64 valence electrons. The minimum Gasteiger partial charge on any atom is -0.378 e. The molecule has 0 N–H and O–H groups in total. The first-order valence-electron chi connectivity index (χ1n) is 4.08. The lowest BCUT2D eigenvalue weighted by molar-refractivity contribution is -0.138. The van der Waals surface area contributed by atoms with Gasteiger partial charge >= 0.3 is 0 Å². The van der Waals surface area contributed by atoms with E-state index < -0.39 is 0 Å². The quantitative estimate of drug-likeness (QED) is 0.554. The van der Waals surface area contributed by atoms with Gasteiger partial charge in [0.2, 0.25) is 5.91 Å². The lowest BCUT2D eigenvalue weighted by atomic mass is 10.2. The molecular formula is C8H15NO2. The molecule has 0 spiro atoms. The maximum absolute atomic E-state index is 11.4. The average molecular weight is 157 g/mol. The zero-order valence-corrected chi connectivity index (χ0v) is 7.17. The van der Waals surface area contributed by atoms with E-state index in [2.05, 4.69) is 0 Å². The zero-order chi connectivity index (χ0) is 8.27. The van der Waals surface area contributed by atoms with Gasteiger partial charge in [-0.2, -0.15) is 0 Å². The van der Waals surface area contributed by atoms with E-state index in [1.165, 1.54) is 0 Å². The van der Waals surface area contributed by atoms with Gasteiger partial charge in [-0.15, -0.1) is 0 Å². The number of hydrogen-bond donors (Lipinski definition) is 0.